The van der Waals surface area contributed by atoms with Crippen molar-refractivity contribution in [3.8, 4) is 0 Å². The van der Waals surface area contributed by atoms with Crippen LogP contribution in [0.4, 0.5) is 0 Å². The summed E-state index contributed by atoms with van der Waals surface area (Å²) in [6, 6.07) is 8.10. The maximum absolute atomic E-state index is 11.9. The first-order valence-corrected chi connectivity index (χ1v) is 10.2. The van der Waals surface area contributed by atoms with E-state index in [1.54, 1.807) is 30.3 Å². The Morgan fingerprint density at radius 1 is 1.23 bits per heavy atom. The second kappa shape index (κ2) is 5.69. The third kappa shape index (κ3) is 3.12. The van der Waals surface area contributed by atoms with Crippen LogP contribution in [-0.4, -0.2) is 31.5 Å². The van der Waals surface area contributed by atoms with Gasteiger partial charge in [0.25, 0.3) is 0 Å². The molecule has 22 heavy (non-hydrogen) atoms. The molecule has 0 saturated heterocycles. The first kappa shape index (κ1) is 17.6. The van der Waals surface area contributed by atoms with Crippen molar-refractivity contribution >= 4 is 37.5 Å². The van der Waals surface area contributed by atoms with E-state index < -0.39 is 26.6 Å². The average Bonchev–Trinajstić information content (AvgIpc) is 2.35. The molecule has 7 nitrogen and oxygen atoms in total. The van der Waals surface area contributed by atoms with Crippen LogP contribution in [0.2, 0.25) is 5.02 Å². The molecule has 0 saturated carbocycles. The van der Waals surface area contributed by atoms with E-state index in [-0.39, 0.29) is 0 Å². The molecule has 1 aromatic heterocycles. The number of rotatable bonds is 4. The van der Waals surface area contributed by atoms with Gasteiger partial charge in [0.15, 0.2) is 12.7 Å². The molecule has 0 amide bonds. The molecule has 2 rings (SSSR count). The lowest BCUT2D eigenvalue weighted by Crippen LogP contribution is -2.47. The van der Waals surface area contributed by atoms with Gasteiger partial charge in [0.1, 0.15) is 0 Å². The molecule has 0 aliphatic carbocycles. The lowest BCUT2D eigenvalue weighted by molar-refractivity contribution is -0.678. The fraction of sp³-hybridized carbons (Fsp3) is 0.250. The molecule has 2 aromatic rings. The summed E-state index contributed by atoms with van der Waals surface area (Å²) in [4.78, 5) is 28.3. The van der Waals surface area contributed by atoms with Crippen LogP contribution in [0.15, 0.2) is 36.5 Å². The van der Waals surface area contributed by atoms with Gasteiger partial charge in [-0.25, -0.2) is 0 Å². The Hall–Kier alpha value is -0.780. The van der Waals surface area contributed by atoms with E-state index in [4.69, 9.17) is 11.6 Å². The van der Waals surface area contributed by atoms with Gasteiger partial charge in [0.2, 0.25) is 12.9 Å². The van der Waals surface area contributed by atoms with Crippen molar-refractivity contribution in [2.75, 3.05) is 6.66 Å². The average molecular weight is 367 g/mol. The minimum Gasteiger partial charge on any atom is -0.365 e. The molecular weight excluding hydrogens is 352 g/mol. The summed E-state index contributed by atoms with van der Waals surface area (Å²) in [7, 11) is -9.78. The van der Waals surface area contributed by atoms with E-state index in [0.717, 1.165) is 0 Å². The highest BCUT2D eigenvalue weighted by Gasteiger charge is 2.60. The number of halogens is 1. The summed E-state index contributed by atoms with van der Waals surface area (Å²) in [6.07, 6.45) is 1.45. The first-order valence-electron chi connectivity index (χ1n) is 6.12. The molecule has 2 atom stereocenters. The van der Waals surface area contributed by atoms with Crippen LogP contribution in [0.1, 0.15) is 0 Å². The first-order chi connectivity index (χ1) is 9.96. The number of aliphatic hydroxyl groups is 1. The van der Waals surface area contributed by atoms with E-state index >= 15 is 0 Å². The summed E-state index contributed by atoms with van der Waals surface area (Å²) in [5.74, 6) is 0. The molecular formula is C12H15ClNO6P2+. The molecule has 0 fully saturated rings. The monoisotopic (exact) mass is 366 g/mol. The highest BCUT2D eigenvalue weighted by molar-refractivity contribution is 7.74. The number of aromatic nitrogens is 1. The normalized spacial score (nSPS) is 17.9. The smallest absolute Gasteiger partial charge is 0.365 e. The van der Waals surface area contributed by atoms with Gasteiger partial charge >= 0.3 is 12.7 Å². The largest absolute Gasteiger partial charge is 0.373 e. The predicted octanol–water partition coefficient (Wildman–Crippen LogP) is 1.50. The van der Waals surface area contributed by atoms with Crippen molar-refractivity contribution in [2.45, 2.75) is 11.6 Å². The second-order valence-corrected chi connectivity index (χ2v) is 10.2. The zero-order valence-corrected chi connectivity index (χ0v) is 14.0. The second-order valence-electron chi connectivity index (χ2n) is 5.04. The number of hydrogen-bond donors (Lipinski definition) is 4. The molecule has 0 aliphatic rings. The minimum atomic E-state index is -5.27. The van der Waals surface area contributed by atoms with Crippen molar-refractivity contribution in [1.82, 2.24) is 0 Å². The number of nitrogens with zero attached hydrogens (tertiary/aromatic N) is 1. The molecule has 0 bridgehead atoms. The molecule has 1 aromatic carbocycles. The Kier molecular flexibility index (Phi) is 4.55. The van der Waals surface area contributed by atoms with Crippen LogP contribution in [-0.2, 0) is 15.7 Å². The molecule has 0 aliphatic heterocycles. The Labute approximate surface area is 131 Å². The standard InChI is InChI=1S/C12H14ClNO6P2/c1-21(16,17)12(15,22(18,19)20)8-14-6-2-3-9-7-10(13)4-5-11(9)14/h2-7,15H,8H2,1H3,(H2-,16,17,18,19,20)/p+1. The van der Waals surface area contributed by atoms with Crippen molar-refractivity contribution in [3.05, 3.63) is 41.6 Å². The fourth-order valence-electron chi connectivity index (χ4n) is 2.08. The maximum atomic E-state index is 11.9. The van der Waals surface area contributed by atoms with E-state index in [9.17, 15) is 28.9 Å². The summed E-state index contributed by atoms with van der Waals surface area (Å²) in [5.41, 5.74) is 0.507. The summed E-state index contributed by atoms with van der Waals surface area (Å²) in [6.45, 7) is -0.0187. The minimum absolute atomic E-state index is 0.471. The van der Waals surface area contributed by atoms with Gasteiger partial charge in [-0.3, -0.25) is 9.13 Å². The van der Waals surface area contributed by atoms with Crippen LogP contribution in [0.5, 0.6) is 0 Å². The molecule has 10 heteroatoms. The van der Waals surface area contributed by atoms with Crippen LogP contribution in [0.25, 0.3) is 10.9 Å². The molecule has 1 heterocycles. The Morgan fingerprint density at radius 3 is 2.41 bits per heavy atom. The third-order valence-electron chi connectivity index (χ3n) is 3.35. The summed E-state index contributed by atoms with van der Waals surface area (Å²) in [5, 5.41) is 8.29. The molecule has 2 unspecified atom stereocenters. The fourth-order valence-corrected chi connectivity index (χ4v) is 4.95. The molecule has 0 spiro atoms. The van der Waals surface area contributed by atoms with Crippen molar-refractivity contribution in [3.63, 3.8) is 0 Å². The van der Waals surface area contributed by atoms with Crippen LogP contribution < -0.4 is 4.57 Å². The van der Waals surface area contributed by atoms with Crippen molar-refractivity contribution in [1.29, 1.82) is 0 Å². The zero-order valence-electron chi connectivity index (χ0n) is 11.5. The topological polar surface area (TPSA) is 119 Å². The number of hydrogen-bond acceptors (Lipinski definition) is 3. The van der Waals surface area contributed by atoms with Gasteiger partial charge in [0, 0.05) is 29.2 Å². The lowest BCUT2D eigenvalue weighted by atomic mass is 10.2. The van der Waals surface area contributed by atoms with Crippen molar-refractivity contribution in [2.24, 2.45) is 0 Å². The van der Waals surface area contributed by atoms with Gasteiger partial charge in [-0.15, -0.1) is 0 Å². The van der Waals surface area contributed by atoms with E-state index in [2.05, 4.69) is 0 Å². The summed E-state index contributed by atoms with van der Waals surface area (Å²) >= 11 is 5.88. The number of fused-ring (bicyclic) bond motifs is 1. The summed E-state index contributed by atoms with van der Waals surface area (Å²) < 4.78 is 24.7. The van der Waals surface area contributed by atoms with Crippen molar-refractivity contribution < 1.29 is 33.5 Å². The third-order valence-corrected chi connectivity index (χ3v) is 8.03. The highest BCUT2D eigenvalue weighted by Crippen LogP contribution is 2.67. The highest BCUT2D eigenvalue weighted by atomic mass is 35.5. The van der Waals surface area contributed by atoms with Crippen LogP contribution in [0, 0.1) is 0 Å². The SMILES string of the molecule is CP(=O)(O)C(O)(C[n+]1cccc2cc(Cl)ccc21)P(=O)(O)O. The van der Waals surface area contributed by atoms with E-state index in [1.807, 2.05) is 0 Å². The van der Waals surface area contributed by atoms with Gasteiger partial charge < -0.3 is 19.8 Å². The molecule has 0 radical (unpaired) electrons. The van der Waals surface area contributed by atoms with Gasteiger partial charge in [-0.1, -0.05) is 11.6 Å². The zero-order chi connectivity index (χ0) is 16.8. The van der Waals surface area contributed by atoms with Crippen LogP contribution in [0.3, 0.4) is 0 Å². The Balaban J connectivity index is 2.62. The predicted molar refractivity (Wildman–Crippen MR) is 81.9 cm³/mol. The van der Waals surface area contributed by atoms with E-state index in [1.165, 1.54) is 10.8 Å². The van der Waals surface area contributed by atoms with E-state index in [0.29, 0.717) is 22.6 Å². The number of benzene rings is 1. The quantitative estimate of drug-likeness (QED) is 0.481. The molecule has 120 valence electrons. The Morgan fingerprint density at radius 2 is 1.86 bits per heavy atom. The number of pyridine rings is 1. The lowest BCUT2D eigenvalue weighted by Gasteiger charge is -2.28. The molecule has 4 N–H and O–H groups in total. The van der Waals surface area contributed by atoms with Gasteiger partial charge in [-0.2, -0.15) is 4.57 Å². The van der Waals surface area contributed by atoms with Gasteiger partial charge in [0.05, 0.1) is 0 Å². The maximum Gasteiger partial charge on any atom is 0.373 e. The Bertz CT molecular complexity index is 792. The van der Waals surface area contributed by atoms with Gasteiger partial charge in [-0.05, 0) is 18.2 Å². The van der Waals surface area contributed by atoms with Crippen LogP contribution >= 0.6 is 26.6 Å².